The van der Waals surface area contributed by atoms with Crippen LogP contribution in [0.2, 0.25) is 0 Å². The number of imidazole rings is 1. The lowest BCUT2D eigenvalue weighted by atomic mass is 10.1. The van der Waals surface area contributed by atoms with Gasteiger partial charge in [0.05, 0.1) is 19.0 Å². The first-order valence-electron chi connectivity index (χ1n) is 4.92. The summed E-state index contributed by atoms with van der Waals surface area (Å²) in [6, 6.07) is 2.08. The van der Waals surface area contributed by atoms with Gasteiger partial charge in [0.25, 0.3) is 0 Å². The highest BCUT2D eigenvalue weighted by molar-refractivity contribution is 5.62. The van der Waals surface area contributed by atoms with Crippen molar-refractivity contribution in [2.75, 3.05) is 19.5 Å². The van der Waals surface area contributed by atoms with Crippen molar-refractivity contribution in [3.63, 3.8) is 0 Å². The Kier molecular flexibility index (Phi) is 2.95. The van der Waals surface area contributed by atoms with Gasteiger partial charge in [0.2, 0.25) is 0 Å². The Morgan fingerprint density at radius 2 is 2.06 bits per heavy atom. The summed E-state index contributed by atoms with van der Waals surface area (Å²) in [5.74, 6) is -0.839. The summed E-state index contributed by atoms with van der Waals surface area (Å²) in [5, 5.41) is 2.77. The monoisotopic (exact) mass is 239 g/mol. The molecule has 0 spiro atoms. The zero-order chi connectivity index (χ0) is 12.4. The average molecular weight is 239 g/mol. The second-order valence-electron chi connectivity index (χ2n) is 3.36. The van der Waals surface area contributed by atoms with Crippen LogP contribution in [0.15, 0.2) is 18.3 Å². The number of ether oxygens (including phenoxy) is 1. The molecule has 0 saturated carbocycles. The maximum absolute atomic E-state index is 13.7. The predicted molar refractivity (Wildman–Crippen MR) is 60.0 cm³/mol. The molecule has 0 aliphatic rings. The zero-order valence-electron chi connectivity index (χ0n) is 9.34. The molecule has 0 amide bonds. The molecule has 0 unspecified atom stereocenters. The van der Waals surface area contributed by atoms with E-state index in [4.69, 9.17) is 0 Å². The number of benzene rings is 1. The fourth-order valence-corrected chi connectivity index (χ4v) is 1.48. The second kappa shape index (κ2) is 4.40. The molecule has 0 fully saturated rings. The number of nitrogens with zero attached hydrogens (tertiary/aromatic N) is 1. The van der Waals surface area contributed by atoms with Gasteiger partial charge < -0.3 is 15.0 Å². The van der Waals surface area contributed by atoms with Crippen molar-refractivity contribution in [3.05, 3.63) is 30.0 Å². The molecule has 6 heteroatoms. The van der Waals surface area contributed by atoms with Gasteiger partial charge in [-0.15, -0.1) is 0 Å². The van der Waals surface area contributed by atoms with Crippen molar-refractivity contribution in [1.82, 2.24) is 9.97 Å². The number of halogens is 2. The lowest BCUT2D eigenvalue weighted by Gasteiger charge is -2.05. The number of H-pyrrole nitrogens is 1. The van der Waals surface area contributed by atoms with Crippen molar-refractivity contribution < 1.29 is 13.5 Å². The van der Waals surface area contributed by atoms with Gasteiger partial charge in [-0.05, 0) is 6.07 Å². The number of hydrogen-bond acceptors (Lipinski definition) is 3. The van der Waals surface area contributed by atoms with E-state index in [1.807, 2.05) is 0 Å². The minimum atomic E-state index is -0.621. The van der Waals surface area contributed by atoms with Crippen LogP contribution in [0.1, 0.15) is 0 Å². The standard InChI is InChI=1S/C11H11F2N3O/c1-14-11-15-5-9(16-11)6-3-8(13)10(17-2)4-7(6)12/h3-5H,1-2H3,(H2,14,15,16). The Hall–Kier alpha value is -2.11. The highest BCUT2D eigenvalue weighted by Crippen LogP contribution is 2.28. The normalized spacial score (nSPS) is 10.4. The lowest BCUT2D eigenvalue weighted by Crippen LogP contribution is -1.93. The van der Waals surface area contributed by atoms with Gasteiger partial charge in [-0.2, -0.15) is 0 Å². The largest absolute Gasteiger partial charge is 0.494 e. The van der Waals surface area contributed by atoms with Crippen LogP contribution in [0.5, 0.6) is 5.75 Å². The maximum atomic E-state index is 13.7. The van der Waals surface area contributed by atoms with Gasteiger partial charge in [0, 0.05) is 18.7 Å². The summed E-state index contributed by atoms with van der Waals surface area (Å²) in [4.78, 5) is 6.75. The minimum absolute atomic E-state index is 0.109. The van der Waals surface area contributed by atoms with Crippen LogP contribution in [0.3, 0.4) is 0 Å². The molecular formula is C11H11F2N3O. The smallest absolute Gasteiger partial charge is 0.200 e. The van der Waals surface area contributed by atoms with E-state index in [2.05, 4.69) is 20.0 Å². The molecule has 2 aromatic rings. The van der Waals surface area contributed by atoms with Crippen molar-refractivity contribution in [1.29, 1.82) is 0 Å². The molecule has 4 nitrogen and oxygen atoms in total. The Labute approximate surface area is 96.6 Å². The number of methoxy groups -OCH3 is 1. The Balaban J connectivity index is 2.48. The van der Waals surface area contributed by atoms with Gasteiger partial charge in [-0.1, -0.05) is 0 Å². The van der Waals surface area contributed by atoms with Gasteiger partial charge in [-0.25, -0.2) is 13.8 Å². The first kappa shape index (κ1) is 11.4. The second-order valence-corrected chi connectivity index (χ2v) is 3.36. The lowest BCUT2D eigenvalue weighted by molar-refractivity contribution is 0.383. The van der Waals surface area contributed by atoms with Crippen molar-refractivity contribution in [2.45, 2.75) is 0 Å². The predicted octanol–water partition coefficient (Wildman–Crippen LogP) is 2.41. The summed E-state index contributed by atoms with van der Waals surface area (Å²) < 4.78 is 31.9. The van der Waals surface area contributed by atoms with Crippen molar-refractivity contribution in [3.8, 4) is 17.0 Å². The van der Waals surface area contributed by atoms with Gasteiger partial charge in [0.15, 0.2) is 17.5 Å². The van der Waals surface area contributed by atoms with Crippen LogP contribution in [0.25, 0.3) is 11.3 Å². The van der Waals surface area contributed by atoms with Gasteiger partial charge in [-0.3, -0.25) is 0 Å². The highest BCUT2D eigenvalue weighted by atomic mass is 19.1. The SMILES string of the molecule is CNc1ncc(-c2cc(F)c(OC)cc2F)[nH]1. The first-order chi connectivity index (χ1) is 8.15. The number of nitrogens with one attached hydrogen (secondary N) is 2. The summed E-state index contributed by atoms with van der Waals surface area (Å²) in [6.45, 7) is 0. The first-order valence-corrected chi connectivity index (χ1v) is 4.92. The highest BCUT2D eigenvalue weighted by Gasteiger charge is 2.13. The molecule has 1 aromatic carbocycles. The van der Waals surface area contributed by atoms with Gasteiger partial charge in [0.1, 0.15) is 5.82 Å². The molecule has 1 aromatic heterocycles. The summed E-state index contributed by atoms with van der Waals surface area (Å²) in [6.07, 6.45) is 1.43. The Morgan fingerprint density at radius 3 is 2.65 bits per heavy atom. The number of hydrogen-bond donors (Lipinski definition) is 2. The number of aromatic nitrogens is 2. The molecule has 0 aliphatic carbocycles. The van der Waals surface area contributed by atoms with E-state index in [1.54, 1.807) is 7.05 Å². The summed E-state index contributed by atoms with van der Waals surface area (Å²) >= 11 is 0. The van der Waals surface area contributed by atoms with E-state index in [-0.39, 0.29) is 11.3 Å². The maximum Gasteiger partial charge on any atom is 0.200 e. The number of rotatable bonds is 3. The third-order valence-corrected chi connectivity index (χ3v) is 2.34. The molecule has 0 atom stereocenters. The van der Waals surface area contributed by atoms with E-state index < -0.39 is 11.6 Å². The Morgan fingerprint density at radius 1 is 1.29 bits per heavy atom. The molecule has 17 heavy (non-hydrogen) atoms. The topological polar surface area (TPSA) is 49.9 Å². The molecule has 0 radical (unpaired) electrons. The molecule has 2 rings (SSSR count). The summed E-state index contributed by atoms with van der Waals surface area (Å²) in [5.41, 5.74) is 0.505. The van der Waals surface area contributed by atoms with E-state index >= 15 is 0 Å². The van der Waals surface area contributed by atoms with Crippen LogP contribution < -0.4 is 10.1 Å². The molecule has 0 aliphatic heterocycles. The van der Waals surface area contributed by atoms with Crippen LogP contribution in [-0.2, 0) is 0 Å². The Bertz CT molecular complexity index is 540. The molecule has 90 valence electrons. The van der Waals surface area contributed by atoms with Crippen LogP contribution in [0, 0.1) is 11.6 Å². The minimum Gasteiger partial charge on any atom is -0.494 e. The third kappa shape index (κ3) is 2.06. The summed E-state index contributed by atoms with van der Waals surface area (Å²) in [7, 11) is 2.96. The number of anilines is 1. The molecule has 1 heterocycles. The van der Waals surface area contributed by atoms with E-state index in [0.717, 1.165) is 12.1 Å². The van der Waals surface area contributed by atoms with Crippen molar-refractivity contribution >= 4 is 5.95 Å². The molecule has 0 bridgehead atoms. The molecular weight excluding hydrogens is 228 g/mol. The average Bonchev–Trinajstić information content (AvgIpc) is 2.80. The van der Waals surface area contributed by atoms with Crippen LogP contribution in [-0.4, -0.2) is 24.1 Å². The van der Waals surface area contributed by atoms with E-state index in [1.165, 1.54) is 13.3 Å². The molecule has 2 N–H and O–H groups in total. The van der Waals surface area contributed by atoms with E-state index in [0.29, 0.717) is 11.6 Å². The van der Waals surface area contributed by atoms with Gasteiger partial charge >= 0.3 is 0 Å². The fourth-order valence-electron chi connectivity index (χ4n) is 1.48. The van der Waals surface area contributed by atoms with Crippen LogP contribution >= 0.6 is 0 Å². The van der Waals surface area contributed by atoms with Crippen LogP contribution in [0.4, 0.5) is 14.7 Å². The zero-order valence-corrected chi connectivity index (χ0v) is 9.34. The number of aromatic amines is 1. The quantitative estimate of drug-likeness (QED) is 0.864. The van der Waals surface area contributed by atoms with E-state index in [9.17, 15) is 8.78 Å². The fraction of sp³-hybridized carbons (Fsp3) is 0.182. The van der Waals surface area contributed by atoms with Crippen molar-refractivity contribution in [2.24, 2.45) is 0 Å². The third-order valence-electron chi connectivity index (χ3n) is 2.34. The molecule has 0 saturated heterocycles.